The number of aryl methyl sites for hydroxylation is 1. The Bertz CT molecular complexity index is 1180. The second kappa shape index (κ2) is 12.0. The van der Waals surface area contributed by atoms with E-state index in [-0.39, 0.29) is 49.0 Å². The zero-order valence-corrected chi connectivity index (χ0v) is 20.2. The van der Waals surface area contributed by atoms with E-state index in [9.17, 15) is 9.59 Å². The van der Waals surface area contributed by atoms with E-state index in [1.165, 1.54) is 0 Å². The number of nitrogens with one attached hydrogen (secondary N) is 2. The molecule has 1 atom stereocenters. The van der Waals surface area contributed by atoms with Gasteiger partial charge in [-0.3, -0.25) is 15.0 Å². The van der Waals surface area contributed by atoms with E-state index in [2.05, 4.69) is 10.3 Å². The number of nitrogens with zero attached hydrogens (tertiary/aromatic N) is 1. The van der Waals surface area contributed by atoms with Crippen molar-refractivity contribution in [2.24, 2.45) is 5.73 Å². The van der Waals surface area contributed by atoms with E-state index in [4.69, 9.17) is 20.6 Å². The number of fused-ring (bicyclic) bond motifs is 1. The summed E-state index contributed by atoms with van der Waals surface area (Å²) < 4.78 is 10.8. The van der Waals surface area contributed by atoms with Gasteiger partial charge in [0.2, 0.25) is 11.8 Å². The molecule has 9 heteroatoms. The van der Waals surface area contributed by atoms with Gasteiger partial charge in [-0.15, -0.1) is 12.4 Å². The second-order valence-electron chi connectivity index (χ2n) is 7.69. The molecule has 180 valence electrons. The molecule has 34 heavy (non-hydrogen) atoms. The average Bonchev–Trinajstić information content (AvgIpc) is 2.78. The number of ether oxygens (including phenoxy) is 2. The highest BCUT2D eigenvalue weighted by atomic mass is 35.5. The van der Waals surface area contributed by atoms with Crippen molar-refractivity contribution in [1.82, 2.24) is 10.3 Å². The predicted molar refractivity (Wildman–Crippen MR) is 134 cm³/mol. The number of halogens is 1. The lowest BCUT2D eigenvalue weighted by Crippen LogP contribution is -2.27. The smallest absolute Gasteiger partial charge is 0.306 e. The molecule has 0 bridgehead atoms. The first-order valence-corrected chi connectivity index (χ1v) is 10.8. The molecule has 0 saturated carbocycles. The van der Waals surface area contributed by atoms with E-state index in [1.54, 1.807) is 31.2 Å². The highest BCUT2D eigenvalue weighted by Gasteiger charge is 2.14. The van der Waals surface area contributed by atoms with E-state index in [0.29, 0.717) is 23.8 Å². The standard InChI is InChI=1S/C25H28N4O4.ClH/c1-4-32-24(31)12-11-22(30)28-16(3)18-7-10-20-15(2)13-23(29-21(20)14-18)33-19-8-5-17(6-9-19)25(26)27;/h5-10,13-14,16H,4,11-12H2,1-3H3,(H3,26,27)(H,28,30);1H. The van der Waals surface area contributed by atoms with E-state index in [1.807, 2.05) is 38.1 Å². The van der Waals surface area contributed by atoms with Crippen molar-refractivity contribution in [3.8, 4) is 11.6 Å². The Hall–Kier alpha value is -3.65. The molecule has 0 aliphatic carbocycles. The average molecular weight is 485 g/mol. The fraction of sp³-hybridized carbons (Fsp3) is 0.280. The molecule has 8 nitrogen and oxygen atoms in total. The number of hydrogen-bond donors (Lipinski definition) is 3. The number of rotatable bonds is 9. The van der Waals surface area contributed by atoms with Crippen LogP contribution in [0.5, 0.6) is 11.6 Å². The van der Waals surface area contributed by atoms with Gasteiger partial charge in [0.1, 0.15) is 11.6 Å². The Morgan fingerprint density at radius 1 is 1.12 bits per heavy atom. The summed E-state index contributed by atoms with van der Waals surface area (Å²) in [7, 11) is 0. The van der Waals surface area contributed by atoms with Crippen LogP contribution in [-0.4, -0.2) is 29.3 Å². The minimum atomic E-state index is -0.380. The highest BCUT2D eigenvalue weighted by molar-refractivity contribution is 5.95. The van der Waals surface area contributed by atoms with Gasteiger partial charge in [0.05, 0.1) is 24.6 Å². The molecule has 3 aromatic rings. The summed E-state index contributed by atoms with van der Waals surface area (Å²) in [6.45, 7) is 5.90. The van der Waals surface area contributed by atoms with Gasteiger partial charge in [0.15, 0.2) is 0 Å². The number of amidine groups is 1. The summed E-state index contributed by atoms with van der Waals surface area (Å²) in [5, 5.41) is 11.4. The summed E-state index contributed by atoms with van der Waals surface area (Å²) in [6, 6.07) is 14.4. The molecule has 0 fully saturated rings. The molecule has 1 amide bonds. The Morgan fingerprint density at radius 2 is 1.82 bits per heavy atom. The van der Waals surface area contributed by atoms with Crippen molar-refractivity contribution >= 4 is 41.0 Å². The van der Waals surface area contributed by atoms with E-state index < -0.39 is 0 Å². The quantitative estimate of drug-likeness (QED) is 0.232. The van der Waals surface area contributed by atoms with Gasteiger partial charge in [-0.2, -0.15) is 0 Å². The molecule has 1 unspecified atom stereocenters. The zero-order chi connectivity index (χ0) is 24.0. The van der Waals surface area contributed by atoms with Crippen molar-refractivity contribution in [3.05, 3.63) is 65.2 Å². The minimum Gasteiger partial charge on any atom is -0.466 e. The van der Waals surface area contributed by atoms with Gasteiger partial charge >= 0.3 is 5.97 Å². The number of benzene rings is 2. The number of carbonyl (C=O) groups is 2. The van der Waals surface area contributed by atoms with Crippen molar-refractivity contribution in [3.63, 3.8) is 0 Å². The zero-order valence-electron chi connectivity index (χ0n) is 19.4. The normalized spacial score (nSPS) is 11.3. The molecule has 0 aliphatic heterocycles. The molecule has 0 saturated heterocycles. The number of carbonyl (C=O) groups excluding carboxylic acids is 2. The van der Waals surface area contributed by atoms with Crippen molar-refractivity contribution < 1.29 is 19.1 Å². The van der Waals surface area contributed by atoms with Gasteiger partial charge in [-0.05, 0) is 62.2 Å². The predicted octanol–water partition coefficient (Wildman–Crippen LogP) is 4.56. The molecule has 2 aromatic carbocycles. The molecule has 1 aromatic heterocycles. The lowest BCUT2D eigenvalue weighted by molar-refractivity contribution is -0.144. The van der Waals surface area contributed by atoms with Crippen LogP contribution < -0.4 is 15.8 Å². The Morgan fingerprint density at radius 3 is 2.47 bits per heavy atom. The summed E-state index contributed by atoms with van der Waals surface area (Å²) in [4.78, 5) is 28.3. The monoisotopic (exact) mass is 484 g/mol. The molecule has 0 spiro atoms. The number of nitrogen functional groups attached to an aromatic ring is 1. The molecule has 1 heterocycles. The number of amides is 1. The van der Waals surface area contributed by atoms with Gasteiger partial charge in [0.25, 0.3) is 0 Å². The fourth-order valence-electron chi connectivity index (χ4n) is 3.38. The topological polar surface area (TPSA) is 127 Å². The third-order valence-electron chi connectivity index (χ3n) is 5.14. The van der Waals surface area contributed by atoms with Crippen LogP contribution in [0.1, 0.15) is 49.4 Å². The maximum Gasteiger partial charge on any atom is 0.306 e. The minimum absolute atomic E-state index is 0. The lowest BCUT2D eigenvalue weighted by atomic mass is 10.0. The molecule has 0 aliphatic rings. The van der Waals surface area contributed by atoms with Gasteiger partial charge < -0.3 is 20.5 Å². The maximum absolute atomic E-state index is 12.2. The van der Waals surface area contributed by atoms with Crippen molar-refractivity contribution in [2.45, 2.75) is 39.7 Å². The number of aromatic nitrogens is 1. The van der Waals surface area contributed by atoms with Crippen molar-refractivity contribution in [2.75, 3.05) is 6.61 Å². The van der Waals surface area contributed by atoms with E-state index >= 15 is 0 Å². The number of hydrogen-bond acceptors (Lipinski definition) is 6. The van der Waals surface area contributed by atoms with Crippen LogP contribution in [0.4, 0.5) is 0 Å². The first-order valence-electron chi connectivity index (χ1n) is 10.8. The largest absolute Gasteiger partial charge is 0.466 e. The van der Waals surface area contributed by atoms with Gasteiger partial charge in [-0.1, -0.05) is 12.1 Å². The fourth-order valence-corrected chi connectivity index (χ4v) is 3.38. The van der Waals surface area contributed by atoms with Crippen molar-refractivity contribution in [1.29, 1.82) is 5.41 Å². The van der Waals surface area contributed by atoms with Crippen LogP contribution in [0, 0.1) is 12.3 Å². The highest BCUT2D eigenvalue weighted by Crippen LogP contribution is 2.27. The number of pyridine rings is 1. The molecule has 3 rings (SSSR count). The summed E-state index contributed by atoms with van der Waals surface area (Å²) in [5.74, 6) is 0.430. The van der Waals surface area contributed by atoms with Gasteiger partial charge in [-0.25, -0.2) is 4.98 Å². The first-order chi connectivity index (χ1) is 15.8. The Kier molecular flexibility index (Phi) is 9.38. The summed E-state index contributed by atoms with van der Waals surface area (Å²) in [6.07, 6.45) is 0.132. The van der Waals surface area contributed by atoms with Crippen LogP contribution in [0.2, 0.25) is 0 Å². The van der Waals surface area contributed by atoms with Crippen LogP contribution in [-0.2, 0) is 14.3 Å². The lowest BCUT2D eigenvalue weighted by Gasteiger charge is -2.16. The van der Waals surface area contributed by atoms with Crippen LogP contribution in [0.15, 0.2) is 48.5 Å². The number of esters is 1. The third-order valence-corrected chi connectivity index (χ3v) is 5.14. The van der Waals surface area contributed by atoms with Crippen LogP contribution >= 0.6 is 12.4 Å². The SMILES string of the molecule is CCOC(=O)CCC(=O)NC(C)c1ccc2c(C)cc(Oc3ccc(C(=N)N)cc3)nc2c1.Cl. The summed E-state index contributed by atoms with van der Waals surface area (Å²) in [5.41, 5.74) is 8.76. The van der Waals surface area contributed by atoms with Gasteiger partial charge in [0, 0.05) is 23.4 Å². The van der Waals surface area contributed by atoms with E-state index in [0.717, 1.165) is 22.0 Å². The van der Waals surface area contributed by atoms with Crippen LogP contribution in [0.3, 0.4) is 0 Å². The first kappa shape index (κ1) is 26.6. The Labute approximate surface area is 204 Å². The number of nitrogens with two attached hydrogens (primary N) is 1. The molecular weight excluding hydrogens is 456 g/mol. The summed E-state index contributed by atoms with van der Waals surface area (Å²) >= 11 is 0. The molecule has 4 N–H and O–H groups in total. The second-order valence-corrected chi connectivity index (χ2v) is 7.69. The maximum atomic E-state index is 12.2. The molecule has 0 radical (unpaired) electrons. The van der Waals surface area contributed by atoms with Crippen LogP contribution in [0.25, 0.3) is 10.9 Å². The third kappa shape index (κ3) is 6.92. The Balaban J connectivity index is 0.00000408. The molecular formula is C25H29ClN4O4.